The Morgan fingerprint density at radius 2 is 2.12 bits per heavy atom. The summed E-state index contributed by atoms with van der Waals surface area (Å²) in [5.74, 6) is -0.128. The summed E-state index contributed by atoms with van der Waals surface area (Å²) in [4.78, 5) is 2.20. The minimum atomic E-state index is -0.128. The van der Waals surface area contributed by atoms with Crippen LogP contribution in [0.5, 0.6) is 0 Å². The monoisotopic (exact) mass is 232 g/mol. The van der Waals surface area contributed by atoms with Crippen LogP contribution in [0, 0.1) is 5.82 Å². The Hall–Kier alpha value is -1.75. The summed E-state index contributed by atoms with van der Waals surface area (Å²) in [7, 11) is 0. The van der Waals surface area contributed by atoms with Crippen LogP contribution in [0.4, 0.5) is 4.39 Å². The van der Waals surface area contributed by atoms with Crippen LogP contribution in [0.25, 0.3) is 0 Å². The lowest BCUT2D eigenvalue weighted by Crippen LogP contribution is -2.47. The highest BCUT2D eigenvalue weighted by molar-refractivity contribution is 5.17. The molecule has 17 heavy (non-hydrogen) atoms. The first-order valence-electron chi connectivity index (χ1n) is 5.64. The number of halogens is 1. The fourth-order valence-electron chi connectivity index (χ4n) is 2.12. The third-order valence-electron chi connectivity index (χ3n) is 3.10. The molecule has 2 heterocycles. The molecular formula is C12H13FN4. The summed E-state index contributed by atoms with van der Waals surface area (Å²) in [6.07, 6.45) is 3.55. The van der Waals surface area contributed by atoms with Crippen LogP contribution in [0.3, 0.4) is 0 Å². The fourth-order valence-corrected chi connectivity index (χ4v) is 2.12. The van der Waals surface area contributed by atoms with Crippen LogP contribution >= 0.6 is 0 Å². The van der Waals surface area contributed by atoms with E-state index in [9.17, 15) is 4.39 Å². The van der Waals surface area contributed by atoms with Gasteiger partial charge in [0.2, 0.25) is 0 Å². The van der Waals surface area contributed by atoms with Gasteiger partial charge in [-0.15, -0.1) is 5.10 Å². The van der Waals surface area contributed by atoms with Gasteiger partial charge in [0.05, 0.1) is 12.2 Å². The molecule has 0 N–H and O–H groups in total. The number of hydrogen-bond donors (Lipinski definition) is 0. The predicted molar refractivity (Wildman–Crippen MR) is 60.7 cm³/mol. The van der Waals surface area contributed by atoms with Gasteiger partial charge in [0.15, 0.2) is 0 Å². The average Bonchev–Trinajstić information content (AvgIpc) is 2.78. The highest BCUT2D eigenvalue weighted by Gasteiger charge is 2.28. The molecule has 0 spiro atoms. The molecule has 1 aromatic carbocycles. The van der Waals surface area contributed by atoms with Crippen molar-refractivity contribution in [1.29, 1.82) is 0 Å². The van der Waals surface area contributed by atoms with Crippen LogP contribution in [0.15, 0.2) is 36.7 Å². The topological polar surface area (TPSA) is 34.0 Å². The molecule has 3 rings (SSSR count). The first kappa shape index (κ1) is 10.4. The van der Waals surface area contributed by atoms with Crippen LogP contribution in [0.1, 0.15) is 11.6 Å². The van der Waals surface area contributed by atoms with E-state index in [1.807, 2.05) is 23.0 Å². The van der Waals surface area contributed by atoms with Crippen molar-refractivity contribution in [2.75, 3.05) is 13.1 Å². The Kier molecular flexibility index (Phi) is 2.60. The summed E-state index contributed by atoms with van der Waals surface area (Å²) < 4.78 is 15.3. The highest BCUT2D eigenvalue weighted by atomic mass is 19.1. The second kappa shape index (κ2) is 4.25. The molecule has 0 aliphatic carbocycles. The summed E-state index contributed by atoms with van der Waals surface area (Å²) >= 11 is 0. The molecule has 0 unspecified atom stereocenters. The van der Waals surface area contributed by atoms with E-state index in [4.69, 9.17) is 0 Å². The maximum absolute atomic E-state index is 13.4. The van der Waals surface area contributed by atoms with Crippen LogP contribution in [0.2, 0.25) is 0 Å². The molecule has 1 fully saturated rings. The van der Waals surface area contributed by atoms with E-state index in [1.165, 1.54) is 6.07 Å². The lowest BCUT2D eigenvalue weighted by atomic mass is 10.1. The quantitative estimate of drug-likeness (QED) is 0.803. The predicted octanol–water partition coefficient (Wildman–Crippen LogP) is 1.47. The van der Waals surface area contributed by atoms with Crippen LogP contribution < -0.4 is 0 Å². The van der Waals surface area contributed by atoms with Crippen LogP contribution in [-0.2, 0) is 6.54 Å². The van der Waals surface area contributed by atoms with E-state index >= 15 is 0 Å². The van der Waals surface area contributed by atoms with Crippen molar-refractivity contribution in [2.24, 2.45) is 0 Å². The first-order valence-corrected chi connectivity index (χ1v) is 5.64. The van der Waals surface area contributed by atoms with Gasteiger partial charge in [-0.25, -0.2) is 9.07 Å². The molecule has 2 aromatic rings. The molecular weight excluding hydrogens is 219 g/mol. The molecule has 88 valence electrons. The number of likely N-dealkylation sites (tertiary alicyclic amines) is 1. The van der Waals surface area contributed by atoms with Crippen LogP contribution in [-0.4, -0.2) is 33.0 Å². The lowest BCUT2D eigenvalue weighted by Gasteiger charge is -2.38. The van der Waals surface area contributed by atoms with Crippen molar-refractivity contribution < 1.29 is 4.39 Å². The van der Waals surface area contributed by atoms with Gasteiger partial charge in [-0.05, 0) is 6.07 Å². The van der Waals surface area contributed by atoms with E-state index in [0.717, 1.165) is 18.7 Å². The zero-order chi connectivity index (χ0) is 11.7. The van der Waals surface area contributed by atoms with Gasteiger partial charge < -0.3 is 0 Å². The molecule has 0 saturated carbocycles. The Morgan fingerprint density at radius 3 is 2.82 bits per heavy atom. The molecule has 1 saturated heterocycles. The van der Waals surface area contributed by atoms with E-state index in [1.54, 1.807) is 12.3 Å². The minimum Gasteiger partial charge on any atom is -0.295 e. The van der Waals surface area contributed by atoms with E-state index in [-0.39, 0.29) is 5.82 Å². The van der Waals surface area contributed by atoms with Crippen molar-refractivity contribution in [3.63, 3.8) is 0 Å². The Labute approximate surface area is 98.7 Å². The molecule has 0 atom stereocenters. The summed E-state index contributed by atoms with van der Waals surface area (Å²) in [6, 6.07) is 7.30. The van der Waals surface area contributed by atoms with E-state index < -0.39 is 0 Å². The maximum Gasteiger partial charge on any atom is 0.127 e. The zero-order valence-corrected chi connectivity index (χ0v) is 9.33. The number of benzene rings is 1. The summed E-state index contributed by atoms with van der Waals surface area (Å²) in [6.45, 7) is 2.47. The normalized spacial score (nSPS) is 17.0. The molecule has 0 radical (unpaired) electrons. The summed E-state index contributed by atoms with van der Waals surface area (Å²) in [5.41, 5.74) is 0.754. The molecule has 5 heteroatoms. The maximum atomic E-state index is 13.4. The van der Waals surface area contributed by atoms with Crippen molar-refractivity contribution in [3.05, 3.63) is 48.0 Å². The van der Waals surface area contributed by atoms with Gasteiger partial charge in [-0.2, -0.15) is 0 Å². The standard InChI is InChI=1S/C12H13FN4/c13-12-4-2-1-3-10(12)7-16-8-11(9-16)17-6-5-14-15-17/h1-6,11H,7-9H2. The van der Waals surface area contributed by atoms with Gasteiger partial charge >= 0.3 is 0 Å². The second-order valence-electron chi connectivity index (χ2n) is 4.32. The van der Waals surface area contributed by atoms with Gasteiger partial charge in [-0.3, -0.25) is 4.90 Å². The number of aromatic nitrogens is 3. The molecule has 0 bridgehead atoms. The second-order valence-corrected chi connectivity index (χ2v) is 4.32. The van der Waals surface area contributed by atoms with Gasteiger partial charge in [0.1, 0.15) is 5.82 Å². The van der Waals surface area contributed by atoms with Crippen molar-refractivity contribution in [3.8, 4) is 0 Å². The average molecular weight is 232 g/mol. The molecule has 4 nitrogen and oxygen atoms in total. The lowest BCUT2D eigenvalue weighted by molar-refractivity contribution is 0.0884. The first-order chi connectivity index (χ1) is 8.33. The van der Waals surface area contributed by atoms with Gasteiger partial charge in [-0.1, -0.05) is 23.4 Å². The number of hydrogen-bond acceptors (Lipinski definition) is 3. The SMILES string of the molecule is Fc1ccccc1CN1CC(n2ccnn2)C1. The van der Waals surface area contributed by atoms with E-state index in [0.29, 0.717) is 12.6 Å². The molecule has 1 aromatic heterocycles. The van der Waals surface area contributed by atoms with Gasteiger partial charge in [0.25, 0.3) is 0 Å². The minimum absolute atomic E-state index is 0.128. The summed E-state index contributed by atoms with van der Waals surface area (Å²) in [5, 5.41) is 7.75. The Bertz CT molecular complexity index is 491. The number of rotatable bonds is 3. The molecule has 1 aliphatic heterocycles. The molecule has 0 amide bonds. The molecule has 1 aliphatic rings. The third kappa shape index (κ3) is 2.06. The Morgan fingerprint density at radius 1 is 1.29 bits per heavy atom. The Balaban J connectivity index is 1.58. The third-order valence-corrected chi connectivity index (χ3v) is 3.10. The fraction of sp³-hybridized carbons (Fsp3) is 0.333. The van der Waals surface area contributed by atoms with Crippen molar-refractivity contribution in [2.45, 2.75) is 12.6 Å². The zero-order valence-electron chi connectivity index (χ0n) is 9.33. The van der Waals surface area contributed by atoms with Crippen molar-refractivity contribution in [1.82, 2.24) is 19.9 Å². The number of nitrogens with zero attached hydrogens (tertiary/aromatic N) is 4. The largest absolute Gasteiger partial charge is 0.295 e. The van der Waals surface area contributed by atoms with Gasteiger partial charge in [0, 0.05) is 31.4 Å². The smallest absolute Gasteiger partial charge is 0.127 e. The highest BCUT2D eigenvalue weighted by Crippen LogP contribution is 2.22. The van der Waals surface area contributed by atoms with Crippen molar-refractivity contribution >= 4 is 0 Å². The van der Waals surface area contributed by atoms with E-state index in [2.05, 4.69) is 15.2 Å².